The van der Waals surface area contributed by atoms with Gasteiger partial charge in [-0.1, -0.05) is 66.7 Å². The zero-order chi connectivity index (χ0) is 24.1. The highest BCUT2D eigenvalue weighted by atomic mass is 19.1. The number of imidazole rings is 1. The van der Waals surface area contributed by atoms with Crippen LogP contribution in [0.3, 0.4) is 0 Å². The molecule has 0 spiro atoms. The number of nitrogens with one attached hydrogen (secondary N) is 1. The van der Waals surface area contributed by atoms with E-state index in [0.29, 0.717) is 22.2 Å². The van der Waals surface area contributed by atoms with Crippen molar-refractivity contribution in [3.8, 4) is 0 Å². The summed E-state index contributed by atoms with van der Waals surface area (Å²) >= 11 is 0. The van der Waals surface area contributed by atoms with Gasteiger partial charge in [0.25, 0.3) is 5.78 Å². The first kappa shape index (κ1) is 20.8. The Kier molecular flexibility index (Phi) is 4.70. The number of hydrogen-bond donors (Lipinski definition) is 2. The number of nitrogens with zero attached hydrogens (tertiary/aromatic N) is 2. The molecule has 4 aromatic carbocycles. The maximum Gasteiger partial charge on any atom is 0.302 e. The second-order valence-corrected chi connectivity index (χ2v) is 8.32. The SMILES string of the molecule is O=C1C(=O)N(c2nc3ccccc3[nH]2)C(c2ccc(F)cc2)/C1=C(\O)c1cccc2ccccc12. The summed E-state index contributed by atoms with van der Waals surface area (Å²) in [6.07, 6.45) is 0. The topological polar surface area (TPSA) is 86.3 Å². The first-order valence-corrected chi connectivity index (χ1v) is 11.0. The number of fused-ring (bicyclic) bond motifs is 2. The lowest BCUT2D eigenvalue weighted by molar-refractivity contribution is -0.132. The third-order valence-electron chi connectivity index (χ3n) is 6.28. The van der Waals surface area contributed by atoms with Gasteiger partial charge >= 0.3 is 5.91 Å². The molecule has 1 saturated heterocycles. The number of benzene rings is 4. The lowest BCUT2D eigenvalue weighted by Gasteiger charge is -2.23. The van der Waals surface area contributed by atoms with Crippen molar-refractivity contribution in [2.75, 3.05) is 4.90 Å². The van der Waals surface area contributed by atoms with Gasteiger partial charge in [0.15, 0.2) is 0 Å². The Morgan fingerprint density at radius 3 is 2.40 bits per heavy atom. The van der Waals surface area contributed by atoms with Crippen molar-refractivity contribution >= 4 is 45.2 Å². The third kappa shape index (κ3) is 3.28. The van der Waals surface area contributed by atoms with Gasteiger partial charge < -0.3 is 10.1 Å². The third-order valence-corrected chi connectivity index (χ3v) is 6.28. The minimum absolute atomic E-state index is 0.0848. The van der Waals surface area contributed by atoms with Crippen LogP contribution >= 0.6 is 0 Å². The standard InChI is InChI=1S/C28H18FN3O3/c29-18-14-12-17(13-15-18)24-23(25(33)20-9-5-7-16-6-1-2-8-19(16)20)26(34)27(35)32(24)28-30-21-10-3-4-11-22(21)31-28/h1-15,24,33H,(H,30,31)/b25-23+. The molecular weight excluding hydrogens is 445 g/mol. The number of aromatic nitrogens is 2. The highest BCUT2D eigenvalue weighted by Gasteiger charge is 2.48. The molecule has 1 amide bonds. The minimum atomic E-state index is -1.00. The monoisotopic (exact) mass is 463 g/mol. The van der Waals surface area contributed by atoms with E-state index in [9.17, 15) is 19.1 Å². The largest absolute Gasteiger partial charge is 0.507 e. The van der Waals surface area contributed by atoms with Gasteiger partial charge in [-0.25, -0.2) is 9.37 Å². The van der Waals surface area contributed by atoms with Crippen LogP contribution in [0.1, 0.15) is 17.2 Å². The van der Waals surface area contributed by atoms with Crippen LogP contribution in [-0.2, 0) is 9.59 Å². The summed E-state index contributed by atoms with van der Waals surface area (Å²) in [5, 5.41) is 13.1. The molecule has 2 N–H and O–H groups in total. The predicted octanol–water partition coefficient (Wildman–Crippen LogP) is 5.48. The second-order valence-electron chi connectivity index (χ2n) is 8.32. The average molecular weight is 463 g/mol. The van der Waals surface area contributed by atoms with Crippen LogP contribution in [0, 0.1) is 5.82 Å². The molecule has 5 aromatic rings. The first-order chi connectivity index (χ1) is 17.0. The molecule has 0 saturated carbocycles. The Hall–Kier alpha value is -4.78. The van der Waals surface area contributed by atoms with Gasteiger partial charge in [0.1, 0.15) is 11.6 Å². The summed E-state index contributed by atoms with van der Waals surface area (Å²) in [7, 11) is 0. The normalized spacial score (nSPS) is 17.5. The van der Waals surface area contributed by atoms with E-state index in [-0.39, 0.29) is 17.3 Å². The second kappa shape index (κ2) is 7.92. The van der Waals surface area contributed by atoms with Crippen molar-refractivity contribution in [2.45, 2.75) is 6.04 Å². The average Bonchev–Trinajstić information content (AvgIpc) is 3.42. The molecule has 0 radical (unpaired) electrons. The fraction of sp³-hybridized carbons (Fsp3) is 0.0357. The molecule has 0 bridgehead atoms. The first-order valence-electron chi connectivity index (χ1n) is 11.0. The van der Waals surface area contributed by atoms with Crippen molar-refractivity contribution in [3.63, 3.8) is 0 Å². The van der Waals surface area contributed by atoms with Gasteiger partial charge in [0, 0.05) is 5.56 Å². The molecular formula is C28H18FN3O3. The van der Waals surface area contributed by atoms with Crippen molar-refractivity contribution < 1.29 is 19.1 Å². The highest BCUT2D eigenvalue weighted by molar-refractivity contribution is 6.51. The highest BCUT2D eigenvalue weighted by Crippen LogP contribution is 2.42. The number of amides is 1. The van der Waals surface area contributed by atoms with Gasteiger partial charge in [-0.2, -0.15) is 0 Å². The zero-order valence-corrected chi connectivity index (χ0v) is 18.3. The Morgan fingerprint density at radius 2 is 1.60 bits per heavy atom. The molecule has 1 aromatic heterocycles. The fourth-order valence-corrected chi connectivity index (χ4v) is 4.64. The maximum atomic E-state index is 13.8. The number of aromatic amines is 1. The molecule has 170 valence electrons. The maximum absolute atomic E-state index is 13.8. The van der Waals surface area contributed by atoms with E-state index in [1.54, 1.807) is 18.2 Å². The lowest BCUT2D eigenvalue weighted by Crippen LogP contribution is -2.30. The number of halogens is 1. The van der Waals surface area contributed by atoms with Gasteiger partial charge in [-0.3, -0.25) is 14.5 Å². The quantitative estimate of drug-likeness (QED) is 0.211. The molecule has 1 atom stereocenters. The molecule has 6 rings (SSSR count). The van der Waals surface area contributed by atoms with E-state index >= 15 is 0 Å². The van der Waals surface area contributed by atoms with E-state index in [1.807, 2.05) is 48.5 Å². The van der Waals surface area contributed by atoms with E-state index in [0.717, 1.165) is 10.8 Å². The summed E-state index contributed by atoms with van der Waals surface area (Å²) < 4.78 is 13.8. The lowest BCUT2D eigenvalue weighted by atomic mass is 9.93. The molecule has 6 nitrogen and oxygen atoms in total. The van der Waals surface area contributed by atoms with Crippen molar-refractivity contribution in [3.05, 3.63) is 114 Å². The van der Waals surface area contributed by atoms with Crippen LogP contribution in [0.25, 0.3) is 27.6 Å². The number of ketones is 1. The minimum Gasteiger partial charge on any atom is -0.507 e. The van der Waals surface area contributed by atoms with Crippen molar-refractivity contribution in [1.82, 2.24) is 9.97 Å². The van der Waals surface area contributed by atoms with E-state index in [2.05, 4.69) is 9.97 Å². The van der Waals surface area contributed by atoms with Crippen LogP contribution in [0.5, 0.6) is 0 Å². The number of aliphatic hydroxyl groups excluding tert-OH is 1. The van der Waals surface area contributed by atoms with Crippen LogP contribution in [0.4, 0.5) is 10.3 Å². The number of aliphatic hydroxyl groups is 1. The van der Waals surface area contributed by atoms with E-state index in [4.69, 9.17) is 0 Å². The van der Waals surface area contributed by atoms with Gasteiger partial charge in [0.05, 0.1) is 22.6 Å². The van der Waals surface area contributed by atoms with Gasteiger partial charge in [-0.05, 0) is 40.6 Å². The summed E-state index contributed by atoms with van der Waals surface area (Å²) in [6.45, 7) is 0. The molecule has 1 unspecified atom stereocenters. The Labute approximate surface area is 199 Å². The molecule has 0 aliphatic carbocycles. The van der Waals surface area contributed by atoms with Gasteiger partial charge in [0.2, 0.25) is 5.95 Å². The number of para-hydroxylation sites is 2. The van der Waals surface area contributed by atoms with Gasteiger partial charge in [-0.15, -0.1) is 0 Å². The molecule has 2 heterocycles. The molecule has 35 heavy (non-hydrogen) atoms. The summed E-state index contributed by atoms with van der Waals surface area (Å²) in [5.41, 5.74) is 2.12. The van der Waals surface area contributed by atoms with Crippen molar-refractivity contribution in [1.29, 1.82) is 0 Å². The predicted molar refractivity (Wildman–Crippen MR) is 131 cm³/mol. The number of carbonyl (C=O) groups excluding carboxylic acids is 2. The number of rotatable bonds is 3. The number of hydrogen-bond acceptors (Lipinski definition) is 4. The molecule has 7 heteroatoms. The summed E-state index contributed by atoms with van der Waals surface area (Å²) in [6, 6.07) is 24.6. The Bertz CT molecular complexity index is 1630. The van der Waals surface area contributed by atoms with Crippen LogP contribution in [-0.4, -0.2) is 26.8 Å². The summed E-state index contributed by atoms with van der Waals surface area (Å²) in [4.78, 5) is 35.5. The number of anilines is 1. The summed E-state index contributed by atoms with van der Waals surface area (Å²) in [5.74, 6) is -2.26. The van der Waals surface area contributed by atoms with Crippen molar-refractivity contribution in [2.24, 2.45) is 0 Å². The smallest absolute Gasteiger partial charge is 0.302 e. The molecule has 1 fully saturated rings. The number of H-pyrrole nitrogens is 1. The van der Waals surface area contributed by atoms with E-state index < -0.39 is 23.5 Å². The Morgan fingerprint density at radius 1 is 0.886 bits per heavy atom. The van der Waals surface area contributed by atoms with Crippen LogP contribution in [0.15, 0.2) is 96.6 Å². The Balaban J connectivity index is 1.61. The fourth-order valence-electron chi connectivity index (χ4n) is 4.64. The molecule has 1 aliphatic heterocycles. The van der Waals surface area contributed by atoms with Crippen LogP contribution in [0.2, 0.25) is 0 Å². The number of carbonyl (C=O) groups is 2. The zero-order valence-electron chi connectivity index (χ0n) is 18.3. The molecule has 1 aliphatic rings. The van der Waals surface area contributed by atoms with Crippen LogP contribution < -0.4 is 4.90 Å². The number of Topliss-reactive ketones (excluding diaryl/α,β-unsaturated/α-hetero) is 1. The van der Waals surface area contributed by atoms with E-state index in [1.165, 1.54) is 29.2 Å².